The molecule has 0 nitrogen and oxygen atoms in total. The van der Waals surface area contributed by atoms with Gasteiger partial charge in [0.05, 0.1) is 0 Å². The molecule has 0 aliphatic heterocycles. The molecule has 0 N–H and O–H groups in total. The van der Waals surface area contributed by atoms with Crippen LogP contribution in [0.2, 0.25) is 0 Å². The van der Waals surface area contributed by atoms with E-state index in [9.17, 15) is 0 Å². The van der Waals surface area contributed by atoms with Crippen molar-refractivity contribution in [2.24, 2.45) is 53.3 Å². The predicted octanol–water partition coefficient (Wildman–Crippen LogP) is 5.13. The van der Waals surface area contributed by atoms with E-state index in [4.69, 9.17) is 0 Å². The van der Waals surface area contributed by atoms with Crippen molar-refractivity contribution in [3.05, 3.63) is 0 Å². The molecule has 0 saturated heterocycles. The summed E-state index contributed by atoms with van der Waals surface area (Å²) < 4.78 is 0. The van der Waals surface area contributed by atoms with Gasteiger partial charge in [0.15, 0.2) is 0 Å². The van der Waals surface area contributed by atoms with Gasteiger partial charge in [0, 0.05) is 0 Å². The van der Waals surface area contributed by atoms with Crippen LogP contribution in [0.1, 0.15) is 64.7 Å². The second kappa shape index (κ2) is 4.01. The summed E-state index contributed by atoms with van der Waals surface area (Å²) in [5.41, 5.74) is 0. The smallest absolute Gasteiger partial charge is 0.0352 e. The topological polar surface area (TPSA) is 0 Å². The Morgan fingerprint density at radius 1 is 0.526 bits per heavy atom. The van der Waals surface area contributed by atoms with Gasteiger partial charge in [-0.3, -0.25) is 0 Å². The Kier molecular flexibility index (Phi) is 2.46. The highest BCUT2D eigenvalue weighted by molar-refractivity contribution is 5.04. The fourth-order valence-electron chi connectivity index (χ4n) is 7.79. The van der Waals surface area contributed by atoms with Gasteiger partial charge in [-0.1, -0.05) is 13.3 Å². The summed E-state index contributed by atoms with van der Waals surface area (Å²) in [6.45, 7) is 2.62. The van der Waals surface area contributed by atoms with Crippen LogP contribution in [0.15, 0.2) is 0 Å². The molecule has 5 rings (SSSR count). The van der Waals surface area contributed by atoms with Crippen molar-refractivity contribution in [3.8, 4) is 0 Å². The van der Waals surface area contributed by atoms with Crippen molar-refractivity contribution in [2.45, 2.75) is 64.7 Å². The molecule has 0 heterocycles. The van der Waals surface area contributed by atoms with Gasteiger partial charge in [0.1, 0.15) is 0 Å². The zero-order chi connectivity index (χ0) is 12.6. The molecule has 8 atom stereocenters. The minimum absolute atomic E-state index is 1.07. The van der Waals surface area contributed by atoms with Crippen LogP contribution in [0.3, 0.4) is 0 Å². The lowest BCUT2D eigenvalue weighted by atomic mass is 9.67. The number of hydrogen-bond acceptors (Lipinski definition) is 0. The molecule has 0 radical (unpaired) electrons. The predicted molar refractivity (Wildman–Crippen MR) is 78.6 cm³/mol. The zero-order valence-electron chi connectivity index (χ0n) is 12.6. The quantitative estimate of drug-likeness (QED) is 0.611. The summed E-state index contributed by atoms with van der Waals surface area (Å²) in [7, 11) is 0. The maximum Gasteiger partial charge on any atom is -0.0352 e. The van der Waals surface area contributed by atoms with E-state index >= 15 is 0 Å². The summed E-state index contributed by atoms with van der Waals surface area (Å²) in [4.78, 5) is 0. The lowest BCUT2D eigenvalue weighted by Gasteiger charge is -2.38. The molecule has 0 heteroatoms. The Balaban J connectivity index is 1.35. The van der Waals surface area contributed by atoms with Crippen LogP contribution in [0.5, 0.6) is 0 Å². The first-order chi connectivity index (χ1) is 9.29. The molecule has 106 valence electrons. The van der Waals surface area contributed by atoms with Crippen molar-refractivity contribution in [1.82, 2.24) is 0 Å². The molecule has 8 unspecified atom stereocenters. The van der Waals surface area contributed by atoms with E-state index in [0.717, 1.165) is 29.6 Å². The van der Waals surface area contributed by atoms with Crippen molar-refractivity contribution in [2.75, 3.05) is 0 Å². The Bertz CT molecular complexity index is 354. The molecular weight excluding hydrogens is 228 g/mol. The van der Waals surface area contributed by atoms with Crippen molar-refractivity contribution >= 4 is 0 Å². The molecule has 5 aliphatic carbocycles. The molecule has 4 bridgehead atoms. The van der Waals surface area contributed by atoms with Gasteiger partial charge < -0.3 is 0 Å². The minimum atomic E-state index is 1.07. The Morgan fingerprint density at radius 2 is 1.21 bits per heavy atom. The number of rotatable bonds is 1. The second-order valence-electron chi connectivity index (χ2n) is 9.09. The lowest BCUT2D eigenvalue weighted by molar-refractivity contribution is 0.109. The molecule has 5 saturated carbocycles. The first-order valence-electron chi connectivity index (χ1n) is 9.29. The third-order valence-corrected chi connectivity index (χ3v) is 8.64. The average Bonchev–Trinajstić information content (AvgIpc) is 3.15. The molecular formula is C19H30. The Hall–Kier alpha value is 0. The molecule has 0 aromatic carbocycles. The first-order valence-corrected chi connectivity index (χ1v) is 9.29. The van der Waals surface area contributed by atoms with E-state index in [1.807, 2.05) is 0 Å². The van der Waals surface area contributed by atoms with Crippen molar-refractivity contribution in [1.29, 1.82) is 0 Å². The highest BCUT2D eigenvalue weighted by atomic mass is 14.6. The van der Waals surface area contributed by atoms with Gasteiger partial charge in [-0.15, -0.1) is 0 Å². The normalized spacial score (nSPS) is 62.7. The third-order valence-electron chi connectivity index (χ3n) is 8.64. The van der Waals surface area contributed by atoms with Gasteiger partial charge >= 0.3 is 0 Å². The van der Waals surface area contributed by atoms with Gasteiger partial charge in [-0.25, -0.2) is 0 Å². The third kappa shape index (κ3) is 1.58. The van der Waals surface area contributed by atoms with Gasteiger partial charge in [-0.2, -0.15) is 0 Å². The summed E-state index contributed by atoms with van der Waals surface area (Å²) in [6.07, 6.45) is 14.5. The van der Waals surface area contributed by atoms with E-state index in [1.165, 1.54) is 23.7 Å². The molecule has 0 amide bonds. The summed E-state index contributed by atoms with van der Waals surface area (Å²) in [5.74, 6) is 10.4. The largest absolute Gasteiger partial charge is 0.0620 e. The molecule has 5 aliphatic rings. The van der Waals surface area contributed by atoms with E-state index in [0.29, 0.717) is 0 Å². The van der Waals surface area contributed by atoms with E-state index in [-0.39, 0.29) is 0 Å². The maximum atomic E-state index is 2.62. The molecule has 0 aromatic heterocycles. The van der Waals surface area contributed by atoms with E-state index in [1.54, 1.807) is 57.8 Å². The first kappa shape index (κ1) is 11.6. The zero-order valence-corrected chi connectivity index (χ0v) is 12.6. The van der Waals surface area contributed by atoms with Gasteiger partial charge in [-0.05, 0) is 105 Å². The van der Waals surface area contributed by atoms with E-state index < -0.39 is 0 Å². The van der Waals surface area contributed by atoms with Gasteiger partial charge in [0.2, 0.25) is 0 Å². The van der Waals surface area contributed by atoms with Crippen LogP contribution in [0, 0.1) is 53.3 Å². The van der Waals surface area contributed by atoms with E-state index in [2.05, 4.69) is 6.92 Å². The van der Waals surface area contributed by atoms with Crippen molar-refractivity contribution in [3.63, 3.8) is 0 Å². The highest BCUT2D eigenvalue weighted by Gasteiger charge is 2.54. The van der Waals surface area contributed by atoms with Crippen LogP contribution >= 0.6 is 0 Å². The van der Waals surface area contributed by atoms with Crippen LogP contribution in [0.4, 0.5) is 0 Å². The summed E-state index contributed by atoms with van der Waals surface area (Å²) >= 11 is 0. The summed E-state index contributed by atoms with van der Waals surface area (Å²) in [5, 5.41) is 0. The minimum Gasteiger partial charge on any atom is -0.0620 e. The van der Waals surface area contributed by atoms with Crippen molar-refractivity contribution < 1.29 is 0 Å². The van der Waals surface area contributed by atoms with Crippen LogP contribution < -0.4 is 0 Å². The fraction of sp³-hybridized carbons (Fsp3) is 1.00. The maximum absolute atomic E-state index is 2.62. The SMILES string of the molecule is CC1C2CCC(C2)CC1C1CC2C3CCC(C3)C2C1. The number of hydrogen-bond donors (Lipinski definition) is 0. The Morgan fingerprint density at radius 3 is 1.95 bits per heavy atom. The monoisotopic (exact) mass is 258 g/mol. The fourth-order valence-corrected chi connectivity index (χ4v) is 7.79. The van der Waals surface area contributed by atoms with Crippen LogP contribution in [0.25, 0.3) is 0 Å². The number of fused-ring (bicyclic) bond motifs is 7. The molecule has 5 fully saturated rings. The van der Waals surface area contributed by atoms with Crippen LogP contribution in [-0.4, -0.2) is 0 Å². The average molecular weight is 258 g/mol. The Labute approximate surface area is 118 Å². The molecule has 0 aromatic rings. The lowest BCUT2D eigenvalue weighted by Crippen LogP contribution is -2.30. The molecule has 19 heavy (non-hydrogen) atoms. The standard InChI is InChI=1S/C19H30/c1-11-13-3-2-12(6-13)7-17(11)16-9-18-14-4-5-15(8-14)19(18)10-16/h11-19H,2-10H2,1H3. The second-order valence-corrected chi connectivity index (χ2v) is 9.09. The van der Waals surface area contributed by atoms with Gasteiger partial charge in [0.25, 0.3) is 0 Å². The van der Waals surface area contributed by atoms with Crippen LogP contribution in [-0.2, 0) is 0 Å². The summed E-state index contributed by atoms with van der Waals surface area (Å²) in [6, 6.07) is 0. The highest BCUT2D eigenvalue weighted by Crippen LogP contribution is 2.63. The molecule has 0 spiro atoms.